The largest absolute Gasteiger partial charge is 0.573 e. The van der Waals surface area contributed by atoms with Crippen molar-refractivity contribution >= 4 is 11.3 Å². The number of nitrogens with zero attached hydrogens (tertiary/aromatic N) is 4. The molecule has 24 heavy (non-hydrogen) atoms. The molecule has 10 heteroatoms. The smallest absolute Gasteiger partial charge is 0.406 e. The van der Waals surface area contributed by atoms with Crippen LogP contribution in [0.2, 0.25) is 0 Å². The molecule has 1 aromatic carbocycles. The van der Waals surface area contributed by atoms with Crippen LogP contribution in [0.25, 0.3) is 22.0 Å². The number of hydrogen-bond donors (Lipinski definition) is 1. The molecule has 2 heterocycles. The molecular formula is C14H8F3N5OS. The van der Waals surface area contributed by atoms with Crippen molar-refractivity contribution in [3.8, 4) is 33.8 Å². The molecule has 122 valence electrons. The van der Waals surface area contributed by atoms with Crippen LogP contribution in [0.4, 0.5) is 13.2 Å². The molecule has 6 nitrogen and oxygen atoms in total. The molecule has 0 aliphatic rings. The summed E-state index contributed by atoms with van der Waals surface area (Å²) in [5, 5.41) is 19.5. The fourth-order valence-electron chi connectivity index (χ4n) is 2.04. The van der Waals surface area contributed by atoms with E-state index >= 15 is 0 Å². The third kappa shape index (κ3) is 3.21. The number of rotatable bonds is 3. The van der Waals surface area contributed by atoms with Crippen molar-refractivity contribution in [2.24, 2.45) is 0 Å². The quantitative estimate of drug-likeness (QED) is 0.778. The van der Waals surface area contributed by atoms with Crippen molar-refractivity contribution < 1.29 is 17.9 Å². The third-order valence-electron chi connectivity index (χ3n) is 2.99. The fourth-order valence-corrected chi connectivity index (χ4v) is 2.95. The molecule has 0 aliphatic carbocycles. The van der Waals surface area contributed by atoms with Crippen LogP contribution >= 0.6 is 11.3 Å². The van der Waals surface area contributed by atoms with Crippen molar-refractivity contribution in [2.75, 3.05) is 0 Å². The Balaban J connectivity index is 1.99. The molecule has 0 unspecified atom stereocenters. The number of benzene rings is 1. The molecule has 0 radical (unpaired) electrons. The molecule has 3 aromatic rings. The fraction of sp³-hybridized carbons (Fsp3) is 0.143. The molecular weight excluding hydrogens is 343 g/mol. The molecule has 0 atom stereocenters. The van der Waals surface area contributed by atoms with E-state index in [0.717, 1.165) is 4.88 Å². The van der Waals surface area contributed by atoms with Gasteiger partial charge in [-0.05, 0) is 19.1 Å². The van der Waals surface area contributed by atoms with Crippen molar-refractivity contribution in [1.29, 1.82) is 5.26 Å². The van der Waals surface area contributed by atoms with Gasteiger partial charge in [0.05, 0.1) is 0 Å². The van der Waals surface area contributed by atoms with Gasteiger partial charge < -0.3 is 4.74 Å². The number of aromatic nitrogens is 4. The summed E-state index contributed by atoms with van der Waals surface area (Å²) in [6, 6.07) is 7.44. The summed E-state index contributed by atoms with van der Waals surface area (Å²) in [6.45, 7) is 1.78. The van der Waals surface area contributed by atoms with E-state index in [9.17, 15) is 13.2 Å². The van der Waals surface area contributed by atoms with Crippen molar-refractivity contribution in [3.05, 3.63) is 34.8 Å². The van der Waals surface area contributed by atoms with Gasteiger partial charge in [-0.3, -0.25) is 0 Å². The van der Waals surface area contributed by atoms with Crippen molar-refractivity contribution in [1.82, 2.24) is 20.4 Å². The monoisotopic (exact) mass is 351 g/mol. The summed E-state index contributed by atoms with van der Waals surface area (Å²) < 4.78 is 40.9. The SMILES string of the molecule is Cc1sc(-c2cccc(OC(F)(F)F)c2)nc1-c1n[nH]nc1C#N. The first kappa shape index (κ1) is 15.9. The second kappa shape index (κ2) is 5.93. The van der Waals surface area contributed by atoms with Gasteiger partial charge in [-0.1, -0.05) is 12.1 Å². The van der Waals surface area contributed by atoms with Gasteiger partial charge in [-0.15, -0.1) is 29.6 Å². The van der Waals surface area contributed by atoms with Gasteiger partial charge in [0.15, 0.2) is 11.4 Å². The van der Waals surface area contributed by atoms with E-state index in [1.54, 1.807) is 13.0 Å². The maximum absolute atomic E-state index is 12.3. The Morgan fingerprint density at radius 2 is 2.04 bits per heavy atom. The Bertz CT molecular complexity index is 925. The predicted octanol–water partition coefficient (Wildman–Crippen LogP) is 3.67. The Morgan fingerprint density at radius 3 is 2.75 bits per heavy atom. The van der Waals surface area contributed by atoms with Gasteiger partial charge in [0.2, 0.25) is 0 Å². The molecule has 0 saturated carbocycles. The zero-order chi connectivity index (χ0) is 17.3. The van der Waals surface area contributed by atoms with Crippen molar-refractivity contribution in [3.63, 3.8) is 0 Å². The topological polar surface area (TPSA) is 87.5 Å². The maximum Gasteiger partial charge on any atom is 0.573 e. The Hall–Kier alpha value is -2.93. The Kier molecular flexibility index (Phi) is 3.94. The Labute approximate surface area is 137 Å². The van der Waals surface area contributed by atoms with Crippen LogP contribution in [-0.2, 0) is 0 Å². The minimum Gasteiger partial charge on any atom is -0.406 e. The summed E-state index contributed by atoms with van der Waals surface area (Å²) in [6.07, 6.45) is -4.76. The Morgan fingerprint density at radius 1 is 1.25 bits per heavy atom. The highest BCUT2D eigenvalue weighted by atomic mass is 32.1. The lowest BCUT2D eigenvalue weighted by Gasteiger charge is -2.09. The van der Waals surface area contributed by atoms with Gasteiger partial charge in [0.1, 0.15) is 22.5 Å². The predicted molar refractivity (Wildman–Crippen MR) is 79.1 cm³/mol. The summed E-state index contributed by atoms with van der Waals surface area (Å²) in [5.41, 5.74) is 1.34. The lowest BCUT2D eigenvalue weighted by atomic mass is 10.2. The summed E-state index contributed by atoms with van der Waals surface area (Å²) in [7, 11) is 0. The molecule has 0 bridgehead atoms. The molecule has 0 saturated heterocycles. The van der Waals surface area contributed by atoms with E-state index in [1.807, 2.05) is 6.07 Å². The maximum atomic E-state index is 12.3. The summed E-state index contributed by atoms with van der Waals surface area (Å²) in [4.78, 5) is 5.14. The number of hydrogen-bond acceptors (Lipinski definition) is 6. The minimum atomic E-state index is -4.76. The number of thiazole rings is 1. The molecule has 3 rings (SSSR count). The number of nitrogens with one attached hydrogen (secondary N) is 1. The van der Waals surface area contributed by atoms with Gasteiger partial charge in [0.25, 0.3) is 0 Å². The van der Waals surface area contributed by atoms with E-state index in [4.69, 9.17) is 5.26 Å². The zero-order valence-corrected chi connectivity index (χ0v) is 12.9. The number of aryl methyl sites for hydroxylation is 1. The lowest BCUT2D eigenvalue weighted by molar-refractivity contribution is -0.274. The number of halogens is 3. The third-order valence-corrected chi connectivity index (χ3v) is 4.01. The molecule has 2 aromatic heterocycles. The van der Waals surface area contributed by atoms with Crippen molar-refractivity contribution in [2.45, 2.75) is 13.3 Å². The minimum absolute atomic E-state index is 0.101. The van der Waals surface area contributed by atoms with E-state index in [2.05, 4.69) is 25.1 Å². The number of aromatic amines is 1. The summed E-state index contributed by atoms with van der Waals surface area (Å²) in [5.74, 6) is -0.325. The highest BCUT2D eigenvalue weighted by molar-refractivity contribution is 7.15. The molecule has 0 spiro atoms. The number of H-pyrrole nitrogens is 1. The first-order valence-corrected chi connectivity index (χ1v) is 7.34. The number of alkyl halides is 3. The first-order valence-electron chi connectivity index (χ1n) is 6.52. The average molecular weight is 351 g/mol. The van der Waals surface area contributed by atoms with Gasteiger partial charge in [-0.2, -0.15) is 15.6 Å². The van der Waals surface area contributed by atoms with E-state index < -0.39 is 6.36 Å². The van der Waals surface area contributed by atoms with Gasteiger partial charge in [-0.25, -0.2) is 4.98 Å². The second-order valence-electron chi connectivity index (χ2n) is 4.63. The molecule has 0 aliphatic heterocycles. The standard InChI is InChI=1S/C14H8F3N5OS/c1-7-11(12-10(6-18)20-22-21-12)19-13(24-7)8-3-2-4-9(5-8)23-14(15,16)17/h2-5H,1H3,(H,20,21,22). The van der Waals surface area contributed by atoms with E-state index in [0.29, 0.717) is 22.0 Å². The van der Waals surface area contributed by atoms with Crippen LogP contribution in [0.3, 0.4) is 0 Å². The second-order valence-corrected chi connectivity index (χ2v) is 5.84. The van der Waals surface area contributed by atoms with Crippen LogP contribution in [0.5, 0.6) is 5.75 Å². The lowest BCUT2D eigenvalue weighted by Crippen LogP contribution is -2.17. The molecule has 0 fully saturated rings. The van der Waals surface area contributed by atoms with E-state index in [1.165, 1.54) is 29.5 Å². The van der Waals surface area contributed by atoms with Gasteiger partial charge in [0, 0.05) is 10.4 Å². The zero-order valence-electron chi connectivity index (χ0n) is 12.0. The van der Waals surface area contributed by atoms with Crippen LogP contribution in [0, 0.1) is 18.3 Å². The van der Waals surface area contributed by atoms with E-state index in [-0.39, 0.29) is 11.4 Å². The van der Waals surface area contributed by atoms with Crippen LogP contribution in [-0.4, -0.2) is 26.8 Å². The van der Waals surface area contributed by atoms with Gasteiger partial charge >= 0.3 is 6.36 Å². The highest BCUT2D eigenvalue weighted by Crippen LogP contribution is 2.35. The molecule has 1 N–H and O–H groups in total. The summed E-state index contributed by atoms with van der Waals surface area (Å²) >= 11 is 1.27. The van der Waals surface area contributed by atoms with Crippen LogP contribution in [0.1, 0.15) is 10.6 Å². The van der Waals surface area contributed by atoms with Crippen LogP contribution < -0.4 is 4.74 Å². The molecule has 0 amide bonds. The normalized spacial score (nSPS) is 11.3. The first-order chi connectivity index (χ1) is 11.4. The van der Waals surface area contributed by atoms with Crippen LogP contribution in [0.15, 0.2) is 24.3 Å². The number of nitriles is 1. The highest BCUT2D eigenvalue weighted by Gasteiger charge is 2.31. The number of ether oxygens (including phenoxy) is 1. The average Bonchev–Trinajstić information content (AvgIpc) is 3.11.